The number of aromatic nitrogens is 3. The highest BCUT2D eigenvalue weighted by Crippen LogP contribution is 2.19. The zero-order valence-corrected chi connectivity index (χ0v) is 12.8. The van der Waals surface area contributed by atoms with Crippen molar-refractivity contribution < 1.29 is 13.6 Å². The van der Waals surface area contributed by atoms with Crippen molar-refractivity contribution in [1.29, 1.82) is 0 Å². The maximum Gasteiger partial charge on any atom is 0.255 e. The molecule has 0 unspecified atom stereocenters. The maximum atomic E-state index is 13.6. The molecule has 2 aromatic carbocycles. The van der Waals surface area contributed by atoms with E-state index in [0.29, 0.717) is 11.4 Å². The summed E-state index contributed by atoms with van der Waals surface area (Å²) in [6.07, 6.45) is 1.63. The zero-order chi connectivity index (χ0) is 17.1. The van der Waals surface area contributed by atoms with Gasteiger partial charge in [-0.1, -0.05) is 12.1 Å². The van der Waals surface area contributed by atoms with Crippen molar-refractivity contribution in [3.63, 3.8) is 0 Å². The topological polar surface area (TPSA) is 59.8 Å². The van der Waals surface area contributed by atoms with Crippen molar-refractivity contribution in [1.82, 2.24) is 14.8 Å². The maximum absolute atomic E-state index is 13.6. The number of nitrogens with one attached hydrogen (secondary N) is 1. The number of carbonyl (C=O) groups is 1. The first-order chi connectivity index (χ1) is 11.6. The molecule has 1 amide bonds. The van der Waals surface area contributed by atoms with Crippen molar-refractivity contribution in [2.45, 2.75) is 13.5 Å². The van der Waals surface area contributed by atoms with Gasteiger partial charge in [0.1, 0.15) is 18.0 Å². The van der Waals surface area contributed by atoms with E-state index in [2.05, 4.69) is 15.5 Å². The normalized spacial score (nSPS) is 10.6. The van der Waals surface area contributed by atoms with Gasteiger partial charge in [-0.05, 0) is 31.2 Å². The molecule has 1 N–H and O–H groups in total. The second kappa shape index (κ2) is 6.57. The van der Waals surface area contributed by atoms with Gasteiger partial charge < -0.3 is 9.88 Å². The number of amides is 1. The Balaban J connectivity index is 1.79. The lowest BCUT2D eigenvalue weighted by Gasteiger charge is -2.08. The number of benzene rings is 2. The molecule has 0 aliphatic carbocycles. The fourth-order valence-corrected chi connectivity index (χ4v) is 2.27. The van der Waals surface area contributed by atoms with E-state index in [9.17, 15) is 13.6 Å². The first-order valence-corrected chi connectivity index (χ1v) is 7.33. The van der Waals surface area contributed by atoms with Crippen LogP contribution in [0.1, 0.15) is 17.3 Å². The molecule has 1 aromatic heterocycles. The van der Waals surface area contributed by atoms with Crippen molar-refractivity contribution in [2.75, 3.05) is 5.32 Å². The van der Waals surface area contributed by atoms with Crippen LogP contribution in [0.15, 0.2) is 48.8 Å². The van der Waals surface area contributed by atoms with Gasteiger partial charge in [0.05, 0.1) is 5.69 Å². The van der Waals surface area contributed by atoms with Crippen LogP contribution in [-0.2, 0) is 6.54 Å². The molecule has 0 saturated carbocycles. The van der Waals surface area contributed by atoms with Crippen LogP contribution in [0.5, 0.6) is 0 Å². The van der Waals surface area contributed by atoms with Crippen LogP contribution in [-0.4, -0.2) is 20.7 Å². The second-order valence-electron chi connectivity index (χ2n) is 5.10. The summed E-state index contributed by atoms with van der Waals surface area (Å²) in [6, 6.07) is 9.69. The number of anilines is 1. The van der Waals surface area contributed by atoms with Gasteiger partial charge in [-0.3, -0.25) is 4.79 Å². The molecule has 1 heterocycles. The third-order valence-corrected chi connectivity index (χ3v) is 3.54. The highest BCUT2D eigenvalue weighted by Gasteiger charge is 2.11. The van der Waals surface area contributed by atoms with E-state index in [-0.39, 0.29) is 5.69 Å². The number of halogens is 2. The Kier molecular flexibility index (Phi) is 4.33. The Morgan fingerprint density at radius 3 is 2.58 bits per heavy atom. The summed E-state index contributed by atoms with van der Waals surface area (Å²) in [4.78, 5) is 12.2. The number of carbonyl (C=O) groups excluding carboxylic acids is 1. The minimum absolute atomic E-state index is 0.0730. The molecule has 3 aromatic rings. The van der Waals surface area contributed by atoms with Gasteiger partial charge in [0, 0.05) is 23.7 Å². The van der Waals surface area contributed by atoms with E-state index < -0.39 is 17.5 Å². The fourth-order valence-electron chi connectivity index (χ4n) is 2.27. The third-order valence-electron chi connectivity index (χ3n) is 3.54. The van der Waals surface area contributed by atoms with Gasteiger partial charge in [-0.25, -0.2) is 8.78 Å². The molecule has 0 bridgehead atoms. The van der Waals surface area contributed by atoms with E-state index >= 15 is 0 Å². The van der Waals surface area contributed by atoms with Gasteiger partial charge in [0.15, 0.2) is 5.82 Å². The molecule has 0 aliphatic rings. The summed E-state index contributed by atoms with van der Waals surface area (Å²) in [5.74, 6) is -1.30. The Labute approximate surface area is 137 Å². The van der Waals surface area contributed by atoms with Gasteiger partial charge in [-0.15, -0.1) is 10.2 Å². The quantitative estimate of drug-likeness (QED) is 0.797. The number of nitrogens with zero attached hydrogens (tertiary/aromatic N) is 3. The first kappa shape index (κ1) is 15.8. The van der Waals surface area contributed by atoms with Gasteiger partial charge in [0.25, 0.3) is 5.91 Å². The van der Waals surface area contributed by atoms with E-state index in [1.807, 2.05) is 11.5 Å². The molecule has 0 fully saturated rings. The predicted molar refractivity (Wildman–Crippen MR) is 85.4 cm³/mol. The van der Waals surface area contributed by atoms with Crippen LogP contribution in [0.25, 0.3) is 11.4 Å². The lowest BCUT2D eigenvalue weighted by atomic mass is 10.1. The smallest absolute Gasteiger partial charge is 0.255 e. The van der Waals surface area contributed by atoms with E-state index in [1.165, 1.54) is 6.07 Å². The summed E-state index contributed by atoms with van der Waals surface area (Å²) in [5.41, 5.74) is 1.10. The van der Waals surface area contributed by atoms with Gasteiger partial charge >= 0.3 is 0 Å². The molecular formula is C17H14F2N4O. The average molecular weight is 328 g/mol. The lowest BCUT2D eigenvalue weighted by Crippen LogP contribution is -2.13. The molecule has 0 aliphatic heterocycles. The number of rotatable bonds is 4. The largest absolute Gasteiger partial charge is 0.319 e. The van der Waals surface area contributed by atoms with E-state index in [4.69, 9.17) is 0 Å². The van der Waals surface area contributed by atoms with Crippen molar-refractivity contribution in [3.8, 4) is 11.4 Å². The summed E-state index contributed by atoms with van der Waals surface area (Å²) in [7, 11) is 0. The molecule has 0 spiro atoms. The Hall–Kier alpha value is -3.09. The fraction of sp³-hybridized carbons (Fsp3) is 0.118. The number of aryl methyl sites for hydroxylation is 1. The Morgan fingerprint density at radius 2 is 1.92 bits per heavy atom. The van der Waals surface area contributed by atoms with Crippen LogP contribution in [0.4, 0.5) is 14.5 Å². The summed E-state index contributed by atoms with van der Waals surface area (Å²) in [6.45, 7) is 2.71. The molecule has 0 radical (unpaired) electrons. The average Bonchev–Trinajstić information content (AvgIpc) is 3.06. The Morgan fingerprint density at radius 1 is 1.17 bits per heavy atom. The van der Waals surface area contributed by atoms with Crippen LogP contribution in [0.2, 0.25) is 0 Å². The highest BCUT2D eigenvalue weighted by molar-refractivity contribution is 6.04. The first-order valence-electron chi connectivity index (χ1n) is 7.33. The SMILES string of the molecule is CCn1cnnc1-c1ccc(C(=O)Nc2ccc(F)cc2F)cc1. The monoisotopic (exact) mass is 328 g/mol. The van der Waals surface area contributed by atoms with E-state index in [1.54, 1.807) is 30.6 Å². The molecule has 0 saturated heterocycles. The summed E-state index contributed by atoms with van der Waals surface area (Å²) < 4.78 is 28.3. The van der Waals surface area contributed by atoms with Crippen LogP contribution >= 0.6 is 0 Å². The number of hydrogen-bond acceptors (Lipinski definition) is 3. The van der Waals surface area contributed by atoms with Crippen LogP contribution in [0, 0.1) is 11.6 Å². The minimum atomic E-state index is -0.823. The van der Waals surface area contributed by atoms with Crippen LogP contribution in [0.3, 0.4) is 0 Å². The molecule has 24 heavy (non-hydrogen) atoms. The molecule has 122 valence electrons. The second-order valence-corrected chi connectivity index (χ2v) is 5.10. The van der Waals surface area contributed by atoms with Crippen molar-refractivity contribution >= 4 is 11.6 Å². The van der Waals surface area contributed by atoms with E-state index in [0.717, 1.165) is 24.2 Å². The van der Waals surface area contributed by atoms with Crippen molar-refractivity contribution in [3.05, 3.63) is 66.0 Å². The molecular weight excluding hydrogens is 314 g/mol. The molecule has 3 rings (SSSR count). The summed E-state index contributed by atoms with van der Waals surface area (Å²) >= 11 is 0. The van der Waals surface area contributed by atoms with Gasteiger partial charge in [0.2, 0.25) is 0 Å². The molecule has 0 atom stereocenters. The summed E-state index contributed by atoms with van der Waals surface area (Å²) in [5, 5.41) is 10.3. The third kappa shape index (κ3) is 3.15. The lowest BCUT2D eigenvalue weighted by molar-refractivity contribution is 0.102. The highest BCUT2D eigenvalue weighted by atomic mass is 19.1. The van der Waals surface area contributed by atoms with Crippen LogP contribution < -0.4 is 5.32 Å². The Bertz CT molecular complexity index is 875. The molecule has 7 heteroatoms. The minimum Gasteiger partial charge on any atom is -0.319 e. The predicted octanol–water partition coefficient (Wildman–Crippen LogP) is 3.50. The number of hydrogen-bond donors (Lipinski definition) is 1. The van der Waals surface area contributed by atoms with Crippen molar-refractivity contribution in [2.24, 2.45) is 0 Å². The zero-order valence-electron chi connectivity index (χ0n) is 12.8. The van der Waals surface area contributed by atoms with Gasteiger partial charge in [-0.2, -0.15) is 0 Å². The molecule has 5 nitrogen and oxygen atoms in total. The standard InChI is InChI=1S/C17H14F2N4O/c1-2-23-10-20-22-16(23)11-3-5-12(6-4-11)17(24)21-15-8-7-13(18)9-14(15)19/h3-10H,2H2,1H3,(H,21,24).